The Hall–Kier alpha value is -6.70. The Labute approximate surface area is 336 Å². The second-order valence-corrected chi connectivity index (χ2v) is 11.3. The van der Waals surface area contributed by atoms with Crippen molar-refractivity contribution in [3.05, 3.63) is 181 Å². The lowest BCUT2D eigenvalue weighted by Crippen LogP contribution is -1.91. The zero-order valence-electron chi connectivity index (χ0n) is 55.4. The summed E-state index contributed by atoms with van der Waals surface area (Å²) in [6.45, 7) is 0. The molecule has 1 heterocycles. The highest BCUT2D eigenvalue weighted by Gasteiger charge is 2.17. The van der Waals surface area contributed by atoms with E-state index < -0.39 is 280 Å². The van der Waals surface area contributed by atoms with Gasteiger partial charge in [-0.2, -0.15) is 0 Å². The lowest BCUT2D eigenvalue weighted by Gasteiger charge is -2.18. The van der Waals surface area contributed by atoms with E-state index in [1.165, 1.54) is 0 Å². The maximum absolute atomic E-state index is 9.94. The summed E-state index contributed by atoms with van der Waals surface area (Å²) in [5.74, 6) is 0. The van der Waals surface area contributed by atoms with Gasteiger partial charge in [0.2, 0.25) is 0 Å². The van der Waals surface area contributed by atoms with Crippen molar-refractivity contribution in [2.24, 2.45) is 0 Å². The summed E-state index contributed by atoms with van der Waals surface area (Å²) in [5, 5.41) is -7.43. The molecule has 11 aromatic rings. The van der Waals surface area contributed by atoms with Gasteiger partial charge < -0.3 is 4.42 Å². The molecule has 0 aliphatic carbocycles. The quantitative estimate of drug-likeness (QED) is 0.170. The van der Waals surface area contributed by atoms with Crippen LogP contribution in [0.4, 0.5) is 0 Å². The highest BCUT2D eigenvalue weighted by Crippen LogP contribution is 2.45. The number of rotatable bonds is 3. The van der Waals surface area contributed by atoms with Gasteiger partial charge in [-0.25, -0.2) is 0 Å². The third-order valence-electron chi connectivity index (χ3n) is 8.45. The molecule has 0 spiro atoms. The molecular formula is C50H30O. The molecule has 0 aliphatic heterocycles. The van der Waals surface area contributed by atoms with Crippen LogP contribution in [0.15, 0.2) is 186 Å². The van der Waals surface area contributed by atoms with Crippen LogP contribution in [0.3, 0.4) is 0 Å². The maximum Gasteiger partial charge on any atom is 0.136 e. The molecule has 0 radical (unpaired) electrons. The van der Waals surface area contributed by atoms with Crippen LogP contribution in [-0.4, -0.2) is 0 Å². The molecule has 236 valence electrons. The van der Waals surface area contributed by atoms with E-state index in [-0.39, 0.29) is 10.8 Å². The van der Waals surface area contributed by atoms with E-state index in [9.17, 15) is 20.6 Å². The minimum atomic E-state index is -1.06. The molecule has 10 aromatic carbocycles. The predicted octanol–water partition coefficient (Wildman–Crippen LogP) is 14.4. The first-order valence-corrected chi connectivity index (χ1v) is 15.2. The lowest BCUT2D eigenvalue weighted by atomic mass is 9.85. The van der Waals surface area contributed by atoms with Crippen molar-refractivity contribution in [3.63, 3.8) is 0 Å². The van der Waals surface area contributed by atoms with Gasteiger partial charge in [0.15, 0.2) is 0 Å². The number of benzene rings is 10. The van der Waals surface area contributed by atoms with Crippen molar-refractivity contribution in [3.8, 4) is 33.4 Å². The van der Waals surface area contributed by atoms with Gasteiger partial charge in [-0.1, -0.05) is 145 Å². The topological polar surface area (TPSA) is 13.1 Å². The fourth-order valence-electron chi connectivity index (χ4n) is 6.23. The number of fused-ring (bicyclic) bond motifs is 9. The van der Waals surface area contributed by atoms with E-state index in [4.69, 9.17) is 25.0 Å². The van der Waals surface area contributed by atoms with E-state index in [0.29, 0.717) is 0 Å². The largest absolute Gasteiger partial charge is 0.456 e. The third-order valence-corrected chi connectivity index (χ3v) is 8.45. The van der Waals surface area contributed by atoms with E-state index >= 15 is 0 Å². The highest BCUT2D eigenvalue weighted by molar-refractivity contribution is 6.22. The summed E-state index contributed by atoms with van der Waals surface area (Å²) in [5.41, 5.74) is -5.97. The van der Waals surface area contributed by atoms with Crippen LogP contribution in [0.25, 0.3) is 109 Å². The van der Waals surface area contributed by atoms with Gasteiger partial charge in [0.05, 0.1) is 41.1 Å². The maximum atomic E-state index is 9.94. The van der Waals surface area contributed by atoms with Crippen LogP contribution >= 0.6 is 0 Å². The van der Waals surface area contributed by atoms with Gasteiger partial charge in [-0.05, 0) is 123 Å². The van der Waals surface area contributed by atoms with Crippen LogP contribution < -0.4 is 0 Å². The molecule has 0 atom stereocenters. The smallest absolute Gasteiger partial charge is 0.136 e. The Kier molecular flexibility index (Phi) is 2.50. The van der Waals surface area contributed by atoms with Crippen LogP contribution in [-0.2, 0) is 0 Å². The summed E-state index contributed by atoms with van der Waals surface area (Å²) in [6, 6.07) is -27.5. The van der Waals surface area contributed by atoms with Gasteiger partial charge in [-0.15, -0.1) is 0 Å². The summed E-state index contributed by atoms with van der Waals surface area (Å²) in [7, 11) is 0. The summed E-state index contributed by atoms with van der Waals surface area (Å²) in [6.07, 6.45) is 0. The SMILES string of the molecule is [2H]c1c([2H])c([2H])c2c([2H])c(-c3c4c([2H])c([2H])c([2H])c([2H])c4c(-c4c([2H])c([2H])c5c([2H])c([2H])c(-c6c([2H])c([2H])c7c(oc8c([2H])c([2H])c9c([2H])c([2H])c([2H])c([2H])c9c87)c6[2H])c([2H])c5c4[2H])c4c([2H])c([2H])c([2H])c([2H])c34)c([2H])c([2H])c2c1[2H]. The molecule has 11 rings (SSSR count). The molecule has 0 bridgehead atoms. The molecule has 0 saturated carbocycles. The van der Waals surface area contributed by atoms with Gasteiger partial charge in [0.1, 0.15) is 11.2 Å². The fraction of sp³-hybridized carbons (Fsp3) is 0. The van der Waals surface area contributed by atoms with Gasteiger partial charge >= 0.3 is 0 Å². The Morgan fingerprint density at radius 3 is 1.41 bits per heavy atom. The minimum Gasteiger partial charge on any atom is -0.456 e. The summed E-state index contributed by atoms with van der Waals surface area (Å²) in [4.78, 5) is 0. The van der Waals surface area contributed by atoms with Crippen molar-refractivity contribution in [1.82, 2.24) is 0 Å². The average molecular weight is 677 g/mol. The van der Waals surface area contributed by atoms with E-state index in [1.807, 2.05) is 0 Å². The molecule has 0 aliphatic rings. The van der Waals surface area contributed by atoms with Gasteiger partial charge in [0.25, 0.3) is 0 Å². The Bertz CT molecular complexity index is 4850. The highest BCUT2D eigenvalue weighted by atomic mass is 16.3. The lowest BCUT2D eigenvalue weighted by molar-refractivity contribution is 0.669. The number of hydrogen-bond acceptors (Lipinski definition) is 1. The average Bonchev–Trinajstić information content (AvgIpc) is 2.76. The zero-order valence-corrected chi connectivity index (χ0v) is 25.4. The fourth-order valence-corrected chi connectivity index (χ4v) is 6.23. The first-order chi connectivity index (χ1) is 37.8. The first kappa shape index (κ1) is 11.7. The molecule has 0 fully saturated rings. The van der Waals surface area contributed by atoms with E-state index in [1.54, 1.807) is 0 Å². The molecule has 51 heavy (non-hydrogen) atoms. The predicted molar refractivity (Wildman–Crippen MR) is 218 cm³/mol. The molecular weight excluding hydrogens is 617 g/mol. The Balaban J connectivity index is 1.34. The van der Waals surface area contributed by atoms with Crippen molar-refractivity contribution in [2.45, 2.75) is 0 Å². The molecule has 0 amide bonds. The second-order valence-electron chi connectivity index (χ2n) is 11.3. The second kappa shape index (κ2) is 10.9. The summed E-state index contributed by atoms with van der Waals surface area (Å²) < 4.78 is 278. The molecule has 0 N–H and O–H groups in total. The van der Waals surface area contributed by atoms with Crippen LogP contribution in [0.2, 0.25) is 0 Å². The van der Waals surface area contributed by atoms with Crippen molar-refractivity contribution in [2.75, 3.05) is 0 Å². The zero-order chi connectivity index (χ0) is 59.6. The van der Waals surface area contributed by atoms with E-state index in [2.05, 4.69) is 0 Å². The number of hydrogen-bond donors (Lipinski definition) is 0. The monoisotopic (exact) mass is 676 g/mol. The van der Waals surface area contributed by atoms with Gasteiger partial charge in [0, 0.05) is 10.8 Å². The van der Waals surface area contributed by atoms with Crippen LogP contribution in [0.5, 0.6) is 0 Å². The molecule has 1 nitrogen and oxygen atoms in total. The summed E-state index contributed by atoms with van der Waals surface area (Å²) >= 11 is 0. The molecule has 0 saturated heterocycles. The number of furan rings is 1. The Morgan fingerprint density at radius 2 is 0.745 bits per heavy atom. The van der Waals surface area contributed by atoms with Gasteiger partial charge in [-0.3, -0.25) is 0 Å². The van der Waals surface area contributed by atoms with E-state index in [0.717, 1.165) is 0 Å². The van der Waals surface area contributed by atoms with Crippen molar-refractivity contribution >= 4 is 75.8 Å². The molecule has 0 unspecified atom stereocenters. The van der Waals surface area contributed by atoms with Crippen LogP contribution in [0.1, 0.15) is 41.1 Å². The molecule has 1 aromatic heterocycles. The van der Waals surface area contributed by atoms with Crippen molar-refractivity contribution < 1.29 is 45.5 Å². The van der Waals surface area contributed by atoms with Crippen molar-refractivity contribution in [1.29, 1.82) is 0 Å². The van der Waals surface area contributed by atoms with Crippen LogP contribution in [0, 0.1) is 0 Å². The minimum absolute atomic E-state index is 0.337. The third kappa shape index (κ3) is 4.35. The first-order valence-electron chi connectivity index (χ1n) is 30.2. The normalized spacial score (nSPS) is 20.2. The molecule has 1 heteroatoms. The standard InChI is InChI=1S/C50H30O/c1-2-11-34-27-37(21-18-31(34)9-1)48-41-13-5-7-15-43(41)49(44-16-8-6-14-42(44)48)38-22-19-32-17-20-35(28-39(32)29-38)36-23-25-45-47(30-36)51-46-26-24-33-10-3-4-12-40(33)50(45)46/h1-30H/i1D,2D,3D,4D,5D,6D,7D,8D,9D,10D,11D,12D,13D,14D,15D,16D,17D,18D,19D,20D,21D,22D,23D,24D,25D,26D,27D,28D,29D,30D. The Morgan fingerprint density at radius 1 is 0.294 bits per heavy atom.